The molecule has 0 bridgehead atoms. The molecule has 8 nitrogen and oxygen atoms in total. The molecule has 1 saturated carbocycles. The number of alkyl halides is 3. The van der Waals surface area contributed by atoms with E-state index < -0.39 is 11.9 Å². The number of rotatable bonds is 4. The first-order chi connectivity index (χ1) is 15.2. The van der Waals surface area contributed by atoms with Gasteiger partial charge in [0.15, 0.2) is 5.82 Å². The first kappa shape index (κ1) is 20.8. The summed E-state index contributed by atoms with van der Waals surface area (Å²) < 4.78 is 43.6. The molecule has 170 valence electrons. The maximum Gasteiger partial charge on any atom is 0.433 e. The van der Waals surface area contributed by atoms with Gasteiger partial charge < -0.3 is 19.9 Å². The van der Waals surface area contributed by atoms with Crippen LogP contribution in [-0.2, 0) is 17.4 Å². The first-order valence-corrected chi connectivity index (χ1v) is 10.6. The van der Waals surface area contributed by atoms with Gasteiger partial charge in [0.05, 0.1) is 11.9 Å². The highest BCUT2D eigenvalue weighted by molar-refractivity contribution is 6.05. The van der Waals surface area contributed by atoms with Gasteiger partial charge in [-0.25, -0.2) is 9.97 Å². The summed E-state index contributed by atoms with van der Waals surface area (Å²) in [4.78, 5) is 29.1. The number of hydrogen-bond acceptors (Lipinski definition) is 7. The van der Waals surface area contributed by atoms with E-state index in [1.165, 1.54) is 6.07 Å². The standard InChI is InChI=1S/C21H23F3N6O2/c1-11-19(31)30-7-3-4-15-17(30)18(29(11)2)28-20(27-15)26-12-8-14(9-12)32-13-5-6-16(25-10-13)21(22,23)24/h5-6,10-12,14H,3-4,7-9H2,1-2H3,(H,26,27,28)/t11-,12-,14-/m0/s1. The predicted molar refractivity (Wildman–Crippen MR) is 111 cm³/mol. The van der Waals surface area contributed by atoms with Crippen LogP contribution in [0.15, 0.2) is 18.3 Å². The van der Waals surface area contributed by atoms with Crippen LogP contribution in [0.2, 0.25) is 0 Å². The molecule has 32 heavy (non-hydrogen) atoms. The van der Waals surface area contributed by atoms with Crippen molar-refractivity contribution in [2.45, 2.75) is 57.0 Å². The van der Waals surface area contributed by atoms with E-state index >= 15 is 0 Å². The summed E-state index contributed by atoms with van der Waals surface area (Å²) in [6, 6.07) is 2.02. The predicted octanol–water partition coefficient (Wildman–Crippen LogP) is 3.03. The first-order valence-electron chi connectivity index (χ1n) is 10.6. The molecule has 11 heteroatoms. The molecule has 2 aromatic rings. The number of aromatic nitrogens is 3. The Morgan fingerprint density at radius 2 is 2.00 bits per heavy atom. The smallest absolute Gasteiger partial charge is 0.433 e. The molecule has 1 atom stereocenters. The van der Waals surface area contributed by atoms with Gasteiger partial charge in [-0.1, -0.05) is 0 Å². The lowest BCUT2D eigenvalue weighted by Gasteiger charge is -2.42. The normalized spacial score (nSPS) is 24.7. The molecule has 1 N–H and O–H groups in total. The lowest BCUT2D eigenvalue weighted by molar-refractivity contribution is -0.141. The fraction of sp³-hybridized carbons (Fsp3) is 0.524. The number of halogens is 3. The molecule has 5 rings (SSSR count). The van der Waals surface area contributed by atoms with Crippen LogP contribution >= 0.6 is 0 Å². The number of carbonyl (C=O) groups excluding carboxylic acids is 1. The Labute approximate surface area is 182 Å². The van der Waals surface area contributed by atoms with E-state index in [1.807, 2.05) is 18.9 Å². The monoisotopic (exact) mass is 448 g/mol. The summed E-state index contributed by atoms with van der Waals surface area (Å²) in [5, 5.41) is 3.34. The summed E-state index contributed by atoms with van der Waals surface area (Å²) in [6.07, 6.45) is -0.465. The van der Waals surface area contributed by atoms with Crippen molar-refractivity contribution in [2.75, 3.05) is 28.7 Å². The molecule has 0 saturated heterocycles. The van der Waals surface area contributed by atoms with E-state index in [1.54, 1.807) is 4.90 Å². The molecule has 3 aliphatic rings. The zero-order chi connectivity index (χ0) is 22.6. The molecule has 2 aliphatic heterocycles. The Hall–Kier alpha value is -3.11. The Bertz CT molecular complexity index is 1040. The van der Waals surface area contributed by atoms with Crippen LogP contribution in [0.1, 0.15) is 37.6 Å². The molecular formula is C21H23F3N6O2. The van der Waals surface area contributed by atoms with Crippen LogP contribution in [0.25, 0.3) is 0 Å². The summed E-state index contributed by atoms with van der Waals surface area (Å²) >= 11 is 0. The van der Waals surface area contributed by atoms with Gasteiger partial charge in [-0.15, -0.1) is 0 Å². The Kier molecular flexibility index (Phi) is 4.86. The van der Waals surface area contributed by atoms with E-state index in [2.05, 4.69) is 20.3 Å². The van der Waals surface area contributed by atoms with E-state index in [4.69, 9.17) is 4.74 Å². The van der Waals surface area contributed by atoms with Crippen molar-refractivity contribution in [2.24, 2.45) is 0 Å². The molecule has 1 aliphatic carbocycles. The second kappa shape index (κ2) is 7.49. The van der Waals surface area contributed by atoms with Crippen LogP contribution in [0.3, 0.4) is 0 Å². The van der Waals surface area contributed by atoms with Crippen molar-refractivity contribution >= 4 is 23.4 Å². The van der Waals surface area contributed by atoms with E-state index in [0.717, 1.165) is 42.3 Å². The molecule has 1 fully saturated rings. The number of ether oxygens (including phenoxy) is 1. The summed E-state index contributed by atoms with van der Waals surface area (Å²) in [5.41, 5.74) is 0.752. The highest BCUT2D eigenvalue weighted by atomic mass is 19.4. The minimum absolute atomic E-state index is 0.0713. The van der Waals surface area contributed by atoms with Crippen LogP contribution in [0, 0.1) is 0 Å². The van der Waals surface area contributed by atoms with Gasteiger partial charge in [-0.3, -0.25) is 4.79 Å². The van der Waals surface area contributed by atoms with Crippen LogP contribution in [0.5, 0.6) is 5.75 Å². The van der Waals surface area contributed by atoms with Crippen molar-refractivity contribution in [1.82, 2.24) is 15.0 Å². The third-order valence-corrected chi connectivity index (χ3v) is 6.30. The lowest BCUT2D eigenvalue weighted by Crippen LogP contribution is -2.53. The Morgan fingerprint density at radius 1 is 1.22 bits per heavy atom. The average Bonchev–Trinajstić information content (AvgIpc) is 2.74. The zero-order valence-corrected chi connectivity index (χ0v) is 17.7. The number of hydrogen-bond donors (Lipinski definition) is 1. The highest BCUT2D eigenvalue weighted by Gasteiger charge is 2.39. The molecule has 0 radical (unpaired) electrons. The van der Waals surface area contributed by atoms with E-state index in [9.17, 15) is 18.0 Å². The maximum atomic E-state index is 12.6. The zero-order valence-electron chi connectivity index (χ0n) is 17.7. The van der Waals surface area contributed by atoms with Gasteiger partial charge in [0.1, 0.15) is 29.3 Å². The van der Waals surface area contributed by atoms with E-state index in [-0.39, 0.29) is 24.1 Å². The van der Waals surface area contributed by atoms with Gasteiger partial charge in [0, 0.05) is 32.5 Å². The van der Waals surface area contributed by atoms with Crippen molar-refractivity contribution in [3.63, 3.8) is 0 Å². The van der Waals surface area contributed by atoms with Gasteiger partial charge in [0.25, 0.3) is 0 Å². The third-order valence-electron chi connectivity index (χ3n) is 6.30. The van der Waals surface area contributed by atoms with Gasteiger partial charge in [0.2, 0.25) is 11.9 Å². The molecule has 1 amide bonds. The fourth-order valence-electron chi connectivity index (χ4n) is 4.33. The SMILES string of the molecule is C[C@H]1C(=O)N2CCCc3nc(N[C@H]4C[C@H](Oc5ccc(C(F)(F)F)nc5)C4)nc(c32)N1C. The second-order valence-corrected chi connectivity index (χ2v) is 8.48. The van der Waals surface area contributed by atoms with Gasteiger partial charge in [-0.2, -0.15) is 18.2 Å². The lowest BCUT2D eigenvalue weighted by atomic mass is 9.89. The number of likely N-dealkylation sites (N-methyl/N-ethyl adjacent to an activating group) is 1. The van der Waals surface area contributed by atoms with Crippen molar-refractivity contribution in [3.05, 3.63) is 29.7 Å². The minimum Gasteiger partial charge on any atom is -0.489 e. The number of carbonyl (C=O) groups is 1. The molecule has 0 aromatic carbocycles. The Balaban J connectivity index is 1.24. The second-order valence-electron chi connectivity index (χ2n) is 8.48. The van der Waals surface area contributed by atoms with Crippen molar-refractivity contribution in [1.29, 1.82) is 0 Å². The number of aryl methyl sites for hydroxylation is 1. The van der Waals surface area contributed by atoms with Crippen LogP contribution < -0.4 is 19.9 Å². The van der Waals surface area contributed by atoms with Crippen LogP contribution in [-0.4, -0.2) is 52.6 Å². The number of nitrogens with zero attached hydrogens (tertiary/aromatic N) is 5. The van der Waals surface area contributed by atoms with Gasteiger partial charge >= 0.3 is 6.18 Å². The molecule has 0 spiro atoms. The molecule has 4 heterocycles. The average molecular weight is 448 g/mol. The van der Waals surface area contributed by atoms with Crippen molar-refractivity contribution < 1.29 is 22.7 Å². The summed E-state index contributed by atoms with van der Waals surface area (Å²) in [7, 11) is 1.87. The molecule has 2 aromatic heterocycles. The van der Waals surface area contributed by atoms with Gasteiger partial charge in [-0.05, 0) is 31.9 Å². The summed E-state index contributed by atoms with van der Waals surface area (Å²) in [6.45, 7) is 2.56. The highest BCUT2D eigenvalue weighted by Crippen LogP contribution is 2.40. The number of anilines is 3. The number of amides is 1. The number of pyridine rings is 1. The van der Waals surface area contributed by atoms with Crippen LogP contribution in [0.4, 0.5) is 30.6 Å². The fourth-order valence-corrected chi connectivity index (χ4v) is 4.33. The van der Waals surface area contributed by atoms with Crippen molar-refractivity contribution in [3.8, 4) is 5.75 Å². The van der Waals surface area contributed by atoms with E-state index in [0.29, 0.717) is 31.1 Å². The molecular weight excluding hydrogens is 425 g/mol. The largest absolute Gasteiger partial charge is 0.489 e. The third kappa shape index (κ3) is 3.59. The minimum atomic E-state index is -4.46. The quantitative estimate of drug-likeness (QED) is 0.770. The number of nitrogens with one attached hydrogen (secondary N) is 1. The molecule has 0 unspecified atom stereocenters. The topological polar surface area (TPSA) is 83.5 Å². The Morgan fingerprint density at radius 3 is 2.69 bits per heavy atom. The summed E-state index contributed by atoms with van der Waals surface area (Å²) in [5.74, 6) is 1.67. The maximum absolute atomic E-state index is 12.6.